The molecule has 1 aromatic carbocycles. The van der Waals surface area contributed by atoms with E-state index in [4.69, 9.17) is 4.74 Å². The van der Waals surface area contributed by atoms with Crippen LogP contribution < -0.4 is 0 Å². The fourth-order valence-electron chi connectivity index (χ4n) is 1.60. The number of allylic oxidation sites excluding steroid dienone is 1. The van der Waals surface area contributed by atoms with Crippen molar-refractivity contribution < 1.29 is 9.53 Å². The van der Waals surface area contributed by atoms with Gasteiger partial charge in [0.15, 0.2) is 5.78 Å². The van der Waals surface area contributed by atoms with Crippen LogP contribution in [-0.2, 0) is 4.74 Å². The Bertz CT molecular complexity index is 367. The highest BCUT2D eigenvalue weighted by Crippen LogP contribution is 2.03. The molecule has 0 aromatic heterocycles. The molecular formula is C13H15NO2. The van der Waals surface area contributed by atoms with Gasteiger partial charge >= 0.3 is 0 Å². The summed E-state index contributed by atoms with van der Waals surface area (Å²) in [6, 6.07) is 9.30. The molecule has 1 fully saturated rings. The Hall–Kier alpha value is -1.61. The van der Waals surface area contributed by atoms with Crippen molar-refractivity contribution in [3.05, 3.63) is 48.2 Å². The zero-order valence-corrected chi connectivity index (χ0v) is 9.13. The van der Waals surface area contributed by atoms with Crippen LogP contribution >= 0.6 is 0 Å². The molecule has 0 radical (unpaired) electrons. The van der Waals surface area contributed by atoms with E-state index in [2.05, 4.69) is 4.90 Å². The second-order valence-electron chi connectivity index (χ2n) is 3.69. The monoisotopic (exact) mass is 217 g/mol. The molecule has 0 N–H and O–H groups in total. The van der Waals surface area contributed by atoms with Crippen molar-refractivity contribution in [2.24, 2.45) is 0 Å². The Morgan fingerprint density at radius 3 is 2.56 bits per heavy atom. The minimum Gasteiger partial charge on any atom is -0.378 e. The van der Waals surface area contributed by atoms with Crippen LogP contribution in [0.2, 0.25) is 0 Å². The predicted molar refractivity (Wildman–Crippen MR) is 62.3 cm³/mol. The van der Waals surface area contributed by atoms with Crippen LogP contribution in [0.25, 0.3) is 0 Å². The second-order valence-corrected chi connectivity index (χ2v) is 3.69. The number of rotatable bonds is 3. The topological polar surface area (TPSA) is 29.5 Å². The van der Waals surface area contributed by atoms with E-state index < -0.39 is 0 Å². The van der Waals surface area contributed by atoms with Gasteiger partial charge in [-0.25, -0.2) is 0 Å². The Balaban J connectivity index is 1.94. The average molecular weight is 217 g/mol. The van der Waals surface area contributed by atoms with Crippen LogP contribution in [0, 0.1) is 0 Å². The molecule has 0 unspecified atom stereocenters. The average Bonchev–Trinajstić information content (AvgIpc) is 2.38. The lowest BCUT2D eigenvalue weighted by Gasteiger charge is -2.24. The summed E-state index contributed by atoms with van der Waals surface area (Å²) in [5.41, 5.74) is 0.729. The molecule has 3 nitrogen and oxygen atoms in total. The summed E-state index contributed by atoms with van der Waals surface area (Å²) in [6.07, 6.45) is 3.48. The highest BCUT2D eigenvalue weighted by atomic mass is 16.5. The Morgan fingerprint density at radius 2 is 1.88 bits per heavy atom. The van der Waals surface area contributed by atoms with Gasteiger partial charge in [-0.1, -0.05) is 30.3 Å². The van der Waals surface area contributed by atoms with Crippen molar-refractivity contribution >= 4 is 5.78 Å². The number of benzene rings is 1. The van der Waals surface area contributed by atoms with Crippen LogP contribution in [0.5, 0.6) is 0 Å². The summed E-state index contributed by atoms with van der Waals surface area (Å²) < 4.78 is 5.23. The van der Waals surface area contributed by atoms with E-state index in [1.165, 1.54) is 0 Å². The molecule has 0 amide bonds. The van der Waals surface area contributed by atoms with E-state index in [1.807, 2.05) is 36.5 Å². The van der Waals surface area contributed by atoms with Crippen LogP contribution in [0.4, 0.5) is 0 Å². The van der Waals surface area contributed by atoms with E-state index >= 15 is 0 Å². The van der Waals surface area contributed by atoms with E-state index in [0.717, 1.165) is 31.9 Å². The molecule has 1 aromatic rings. The summed E-state index contributed by atoms with van der Waals surface area (Å²) in [4.78, 5) is 13.8. The molecule has 0 saturated carbocycles. The number of carbonyl (C=O) groups excluding carboxylic acids is 1. The number of hydrogen-bond acceptors (Lipinski definition) is 3. The lowest BCUT2D eigenvalue weighted by atomic mass is 10.1. The van der Waals surface area contributed by atoms with Gasteiger partial charge in [0.2, 0.25) is 0 Å². The molecular weight excluding hydrogens is 202 g/mol. The first-order chi connectivity index (χ1) is 7.86. The quantitative estimate of drug-likeness (QED) is 0.570. The van der Waals surface area contributed by atoms with Gasteiger partial charge in [0.1, 0.15) is 0 Å². The summed E-state index contributed by atoms with van der Waals surface area (Å²) in [5, 5.41) is 0. The van der Waals surface area contributed by atoms with Gasteiger partial charge in [-0.05, 0) is 0 Å². The third-order valence-electron chi connectivity index (χ3n) is 2.54. The highest BCUT2D eigenvalue weighted by Gasteiger charge is 2.06. The largest absolute Gasteiger partial charge is 0.378 e. The van der Waals surface area contributed by atoms with Gasteiger partial charge in [0.25, 0.3) is 0 Å². The van der Waals surface area contributed by atoms with Crippen molar-refractivity contribution in [1.82, 2.24) is 4.90 Å². The van der Waals surface area contributed by atoms with E-state index in [1.54, 1.807) is 6.08 Å². The van der Waals surface area contributed by atoms with Crippen molar-refractivity contribution in [1.29, 1.82) is 0 Å². The number of morpholine rings is 1. The normalized spacial score (nSPS) is 16.6. The van der Waals surface area contributed by atoms with E-state index in [9.17, 15) is 4.79 Å². The van der Waals surface area contributed by atoms with Crippen LogP contribution in [0.3, 0.4) is 0 Å². The lowest BCUT2D eigenvalue weighted by Crippen LogP contribution is -2.32. The summed E-state index contributed by atoms with van der Waals surface area (Å²) in [5.74, 6) is 0.0482. The second kappa shape index (κ2) is 5.47. The maximum absolute atomic E-state index is 11.7. The van der Waals surface area contributed by atoms with Gasteiger partial charge in [-0.15, -0.1) is 0 Å². The molecule has 16 heavy (non-hydrogen) atoms. The summed E-state index contributed by atoms with van der Waals surface area (Å²) in [7, 11) is 0. The molecule has 2 rings (SSSR count). The Kier molecular flexibility index (Phi) is 3.72. The fourth-order valence-corrected chi connectivity index (χ4v) is 1.60. The predicted octanol–water partition coefficient (Wildman–Crippen LogP) is 1.72. The smallest absolute Gasteiger partial charge is 0.187 e. The molecule has 0 atom stereocenters. The molecule has 1 heterocycles. The third-order valence-corrected chi connectivity index (χ3v) is 2.54. The van der Waals surface area contributed by atoms with Crippen LogP contribution in [0.1, 0.15) is 10.4 Å². The molecule has 3 heteroatoms. The Morgan fingerprint density at radius 1 is 1.19 bits per heavy atom. The van der Waals surface area contributed by atoms with Gasteiger partial charge < -0.3 is 9.64 Å². The van der Waals surface area contributed by atoms with Gasteiger partial charge in [-0.2, -0.15) is 0 Å². The number of carbonyl (C=O) groups is 1. The first-order valence-electron chi connectivity index (χ1n) is 5.45. The molecule has 1 aliphatic heterocycles. The molecule has 0 bridgehead atoms. The minimum atomic E-state index is 0.0482. The number of nitrogens with zero attached hydrogens (tertiary/aromatic N) is 1. The summed E-state index contributed by atoms with van der Waals surface area (Å²) >= 11 is 0. The van der Waals surface area contributed by atoms with Gasteiger partial charge in [0, 0.05) is 30.9 Å². The minimum absolute atomic E-state index is 0.0482. The first kappa shape index (κ1) is 10.9. The summed E-state index contributed by atoms with van der Waals surface area (Å²) in [6.45, 7) is 3.20. The molecule has 1 aliphatic rings. The molecule has 0 aliphatic carbocycles. The van der Waals surface area contributed by atoms with Crippen LogP contribution in [0.15, 0.2) is 42.6 Å². The Labute approximate surface area is 95.3 Å². The van der Waals surface area contributed by atoms with Gasteiger partial charge in [-0.3, -0.25) is 4.79 Å². The van der Waals surface area contributed by atoms with Crippen molar-refractivity contribution in [2.75, 3.05) is 26.3 Å². The SMILES string of the molecule is O=C(/C=C\N1CCOCC1)c1ccccc1. The number of hydrogen-bond donors (Lipinski definition) is 0. The van der Waals surface area contributed by atoms with Gasteiger partial charge in [0.05, 0.1) is 13.2 Å². The maximum atomic E-state index is 11.7. The van der Waals surface area contributed by atoms with Crippen molar-refractivity contribution in [2.45, 2.75) is 0 Å². The third kappa shape index (κ3) is 2.94. The van der Waals surface area contributed by atoms with Crippen LogP contribution in [-0.4, -0.2) is 37.0 Å². The van der Waals surface area contributed by atoms with Crippen molar-refractivity contribution in [3.63, 3.8) is 0 Å². The van der Waals surface area contributed by atoms with E-state index in [0.29, 0.717) is 0 Å². The molecule has 84 valence electrons. The zero-order chi connectivity index (χ0) is 11.2. The molecule has 0 spiro atoms. The number of ketones is 1. The van der Waals surface area contributed by atoms with Crippen molar-refractivity contribution in [3.8, 4) is 0 Å². The maximum Gasteiger partial charge on any atom is 0.187 e. The standard InChI is InChI=1S/C13H15NO2/c15-13(12-4-2-1-3-5-12)6-7-14-8-10-16-11-9-14/h1-7H,8-11H2/b7-6-. The zero-order valence-electron chi connectivity index (χ0n) is 9.13. The lowest BCUT2D eigenvalue weighted by molar-refractivity contribution is 0.0591. The fraction of sp³-hybridized carbons (Fsp3) is 0.308. The highest BCUT2D eigenvalue weighted by molar-refractivity contribution is 6.04. The first-order valence-corrected chi connectivity index (χ1v) is 5.45. The number of ether oxygens (including phenoxy) is 1. The van der Waals surface area contributed by atoms with E-state index in [-0.39, 0.29) is 5.78 Å². The molecule has 1 saturated heterocycles.